The molecule has 4 nitrogen and oxygen atoms in total. The van der Waals surface area contributed by atoms with Crippen LogP contribution in [0.3, 0.4) is 0 Å². The Balaban J connectivity index is 2.64. The van der Waals surface area contributed by atoms with E-state index in [1.54, 1.807) is 0 Å². The van der Waals surface area contributed by atoms with Gasteiger partial charge in [0.15, 0.2) is 6.61 Å². The number of nitrogens with one attached hydrogen (secondary N) is 2. The van der Waals surface area contributed by atoms with Crippen molar-refractivity contribution in [1.29, 1.82) is 0 Å². The lowest BCUT2D eigenvalue weighted by molar-refractivity contribution is -0.123. The summed E-state index contributed by atoms with van der Waals surface area (Å²) in [5.41, 5.74) is 2.11. The van der Waals surface area contributed by atoms with Gasteiger partial charge in [-0.2, -0.15) is 0 Å². The molecule has 0 fully saturated rings. The van der Waals surface area contributed by atoms with Gasteiger partial charge in [-0.15, -0.1) is 0 Å². The van der Waals surface area contributed by atoms with Gasteiger partial charge in [-0.1, -0.05) is 25.1 Å². The summed E-state index contributed by atoms with van der Waals surface area (Å²) in [5.74, 6) is 0.726. The summed E-state index contributed by atoms with van der Waals surface area (Å²) in [4.78, 5) is 11.7. The average Bonchev–Trinajstić information content (AvgIpc) is 2.38. The summed E-state index contributed by atoms with van der Waals surface area (Å²) in [6, 6.07) is 6.17. The van der Waals surface area contributed by atoms with E-state index < -0.39 is 0 Å². The number of carbonyl (C=O) groups is 1. The molecular formula is C15H24N2O2. The van der Waals surface area contributed by atoms with Crippen LogP contribution in [-0.2, 0) is 11.3 Å². The molecule has 0 spiro atoms. The molecule has 1 aromatic rings. The number of aryl methyl sites for hydroxylation is 1. The number of hydrogen-bond donors (Lipinski definition) is 2. The first-order chi connectivity index (χ1) is 9.08. The van der Waals surface area contributed by atoms with E-state index >= 15 is 0 Å². The van der Waals surface area contributed by atoms with Gasteiger partial charge in [0.2, 0.25) is 0 Å². The number of hydrogen-bond acceptors (Lipinski definition) is 3. The first-order valence-electron chi connectivity index (χ1n) is 6.73. The Morgan fingerprint density at radius 2 is 2.16 bits per heavy atom. The summed E-state index contributed by atoms with van der Waals surface area (Å²) >= 11 is 0. The van der Waals surface area contributed by atoms with Crippen LogP contribution < -0.4 is 15.4 Å². The molecule has 0 heterocycles. The fourth-order valence-electron chi connectivity index (χ4n) is 1.81. The summed E-state index contributed by atoms with van der Waals surface area (Å²) < 4.78 is 5.68. The van der Waals surface area contributed by atoms with E-state index in [0.29, 0.717) is 0 Å². The molecule has 0 saturated carbocycles. The van der Waals surface area contributed by atoms with E-state index in [4.69, 9.17) is 4.74 Å². The molecule has 1 aromatic carbocycles. The maximum absolute atomic E-state index is 11.7. The minimum absolute atomic E-state index is 0.0614. The molecule has 0 aliphatic heterocycles. The molecule has 106 valence electrons. The molecule has 0 saturated heterocycles. The van der Waals surface area contributed by atoms with Gasteiger partial charge in [0.25, 0.3) is 5.91 Å². The minimum Gasteiger partial charge on any atom is -0.483 e. The van der Waals surface area contributed by atoms with Crippen molar-refractivity contribution in [3.8, 4) is 5.75 Å². The SMILES string of the molecule is CCC(C)NC(=O)COc1c(C)cccc1CNC. The highest BCUT2D eigenvalue weighted by molar-refractivity contribution is 5.77. The number of amides is 1. The Labute approximate surface area is 115 Å². The zero-order valence-corrected chi connectivity index (χ0v) is 12.2. The highest BCUT2D eigenvalue weighted by Crippen LogP contribution is 2.23. The molecule has 0 aliphatic rings. The van der Waals surface area contributed by atoms with Crippen LogP contribution in [0.25, 0.3) is 0 Å². The summed E-state index contributed by atoms with van der Waals surface area (Å²) in [7, 11) is 1.89. The lowest BCUT2D eigenvalue weighted by Crippen LogP contribution is -2.35. The van der Waals surface area contributed by atoms with Crippen LogP contribution in [0.5, 0.6) is 5.75 Å². The van der Waals surface area contributed by atoms with Crippen molar-refractivity contribution < 1.29 is 9.53 Å². The standard InChI is InChI=1S/C15H24N2O2/c1-5-12(3)17-14(18)10-19-15-11(2)7-6-8-13(15)9-16-4/h6-8,12,16H,5,9-10H2,1-4H3,(H,17,18). The second kappa shape index (κ2) is 7.79. The maximum atomic E-state index is 11.7. The summed E-state index contributed by atoms with van der Waals surface area (Å²) in [6.45, 7) is 6.80. The monoisotopic (exact) mass is 264 g/mol. The molecule has 4 heteroatoms. The van der Waals surface area contributed by atoms with Crippen molar-refractivity contribution in [1.82, 2.24) is 10.6 Å². The molecule has 0 aliphatic carbocycles. The molecule has 1 amide bonds. The van der Waals surface area contributed by atoms with E-state index in [9.17, 15) is 4.79 Å². The van der Waals surface area contributed by atoms with Crippen molar-refractivity contribution in [2.24, 2.45) is 0 Å². The minimum atomic E-state index is -0.0759. The fourth-order valence-corrected chi connectivity index (χ4v) is 1.81. The van der Waals surface area contributed by atoms with Gasteiger partial charge in [-0.25, -0.2) is 0 Å². The summed E-state index contributed by atoms with van der Waals surface area (Å²) in [6.07, 6.45) is 0.918. The van der Waals surface area contributed by atoms with Crippen molar-refractivity contribution in [3.05, 3.63) is 29.3 Å². The normalized spacial score (nSPS) is 12.0. The van der Waals surface area contributed by atoms with Crippen molar-refractivity contribution >= 4 is 5.91 Å². The van der Waals surface area contributed by atoms with E-state index in [1.807, 2.05) is 46.0 Å². The van der Waals surface area contributed by atoms with Gasteiger partial charge in [0, 0.05) is 18.2 Å². The largest absolute Gasteiger partial charge is 0.483 e. The predicted octanol–water partition coefficient (Wildman–Crippen LogP) is 2.01. The van der Waals surface area contributed by atoms with Crippen LogP contribution in [-0.4, -0.2) is 25.6 Å². The van der Waals surface area contributed by atoms with Crippen molar-refractivity contribution in [2.45, 2.75) is 39.8 Å². The third-order valence-electron chi connectivity index (χ3n) is 3.03. The van der Waals surface area contributed by atoms with Crippen LogP contribution in [0.4, 0.5) is 0 Å². The van der Waals surface area contributed by atoms with Crippen molar-refractivity contribution in [3.63, 3.8) is 0 Å². The molecule has 1 atom stereocenters. The molecule has 0 aromatic heterocycles. The highest BCUT2D eigenvalue weighted by Gasteiger charge is 2.10. The fraction of sp³-hybridized carbons (Fsp3) is 0.533. The van der Waals surface area contributed by atoms with E-state index in [1.165, 1.54) is 0 Å². The first-order valence-corrected chi connectivity index (χ1v) is 6.73. The number of carbonyl (C=O) groups excluding carboxylic acids is 1. The first kappa shape index (κ1) is 15.5. The maximum Gasteiger partial charge on any atom is 0.258 e. The average molecular weight is 264 g/mol. The topological polar surface area (TPSA) is 50.4 Å². The number of ether oxygens (including phenoxy) is 1. The van der Waals surface area contributed by atoms with E-state index in [-0.39, 0.29) is 18.6 Å². The van der Waals surface area contributed by atoms with Crippen LogP contribution in [0.1, 0.15) is 31.4 Å². The van der Waals surface area contributed by atoms with Gasteiger partial charge >= 0.3 is 0 Å². The Hall–Kier alpha value is -1.55. The van der Waals surface area contributed by atoms with Crippen LogP contribution >= 0.6 is 0 Å². The third kappa shape index (κ3) is 4.91. The number of para-hydroxylation sites is 1. The lowest BCUT2D eigenvalue weighted by Gasteiger charge is -2.15. The van der Waals surface area contributed by atoms with Gasteiger partial charge in [-0.3, -0.25) is 4.79 Å². The van der Waals surface area contributed by atoms with Gasteiger partial charge in [0.1, 0.15) is 5.75 Å². The van der Waals surface area contributed by atoms with E-state index in [2.05, 4.69) is 10.6 Å². The Morgan fingerprint density at radius 1 is 1.42 bits per heavy atom. The predicted molar refractivity (Wildman–Crippen MR) is 77.3 cm³/mol. The molecule has 0 radical (unpaired) electrons. The Kier molecular flexibility index (Phi) is 6.36. The second-order valence-corrected chi connectivity index (χ2v) is 4.76. The number of rotatable bonds is 7. The van der Waals surface area contributed by atoms with Gasteiger partial charge < -0.3 is 15.4 Å². The van der Waals surface area contributed by atoms with Crippen LogP contribution in [0, 0.1) is 6.92 Å². The van der Waals surface area contributed by atoms with Gasteiger partial charge in [0.05, 0.1) is 0 Å². The van der Waals surface area contributed by atoms with Gasteiger partial charge in [-0.05, 0) is 32.9 Å². The van der Waals surface area contributed by atoms with Crippen LogP contribution in [0.15, 0.2) is 18.2 Å². The Morgan fingerprint density at radius 3 is 2.79 bits per heavy atom. The number of benzene rings is 1. The smallest absolute Gasteiger partial charge is 0.258 e. The zero-order valence-electron chi connectivity index (χ0n) is 12.2. The zero-order chi connectivity index (χ0) is 14.3. The lowest BCUT2D eigenvalue weighted by atomic mass is 10.1. The molecule has 0 bridgehead atoms. The second-order valence-electron chi connectivity index (χ2n) is 4.76. The van der Waals surface area contributed by atoms with E-state index in [0.717, 1.165) is 29.8 Å². The van der Waals surface area contributed by atoms with Crippen molar-refractivity contribution in [2.75, 3.05) is 13.7 Å². The molecule has 19 heavy (non-hydrogen) atoms. The molecule has 1 unspecified atom stereocenters. The Bertz CT molecular complexity index is 419. The molecular weight excluding hydrogens is 240 g/mol. The molecule has 1 rings (SSSR count). The highest BCUT2D eigenvalue weighted by atomic mass is 16.5. The quantitative estimate of drug-likeness (QED) is 0.792. The summed E-state index contributed by atoms with van der Waals surface area (Å²) in [5, 5.41) is 5.99. The molecule has 2 N–H and O–H groups in total. The third-order valence-corrected chi connectivity index (χ3v) is 3.03. The van der Waals surface area contributed by atoms with Crippen LogP contribution in [0.2, 0.25) is 0 Å².